The van der Waals surface area contributed by atoms with Crippen molar-refractivity contribution >= 4 is 34.4 Å². The average Bonchev–Trinajstić information content (AvgIpc) is 3.00. The first-order valence-corrected chi connectivity index (χ1v) is 13.1. The van der Waals surface area contributed by atoms with Gasteiger partial charge in [-0.15, -0.1) is 0 Å². The van der Waals surface area contributed by atoms with Crippen LogP contribution in [0.15, 0.2) is 69.9 Å². The van der Waals surface area contributed by atoms with Crippen molar-refractivity contribution in [1.82, 2.24) is 5.32 Å². The Hall–Kier alpha value is -5.83. The van der Waals surface area contributed by atoms with E-state index in [2.05, 4.69) is 15.4 Å². The van der Waals surface area contributed by atoms with Gasteiger partial charge in [-0.25, -0.2) is 4.79 Å². The van der Waals surface area contributed by atoms with E-state index in [1.807, 2.05) is 6.07 Å². The Balaban J connectivity index is 1.42. The fourth-order valence-corrected chi connectivity index (χ4v) is 4.06. The number of phenolic OH excluding ortho intramolecular Hbond substituents is 1. The first kappa shape index (κ1) is 30.1. The third kappa shape index (κ3) is 7.47. The smallest absolute Gasteiger partial charge is 0.397 e. The van der Waals surface area contributed by atoms with Crippen molar-refractivity contribution in [3.63, 3.8) is 0 Å². The van der Waals surface area contributed by atoms with Crippen molar-refractivity contribution in [3.05, 3.63) is 93.3 Å². The van der Waals surface area contributed by atoms with E-state index in [0.717, 1.165) is 11.6 Å². The highest BCUT2D eigenvalue weighted by atomic mass is 16.5. The number of carbonyl (C=O) groups is 3. The molecule has 0 aliphatic rings. The molecule has 0 spiro atoms. The Bertz CT molecular complexity index is 1770. The average molecular weight is 586 g/mol. The number of phenols is 1. The molecule has 2 amide bonds. The Morgan fingerprint density at radius 3 is 2.44 bits per heavy atom. The number of nitriles is 1. The topological polar surface area (TPSA) is 177 Å². The number of benzene rings is 3. The monoisotopic (exact) mass is 585 g/mol. The van der Waals surface area contributed by atoms with E-state index < -0.39 is 23.2 Å². The van der Waals surface area contributed by atoms with Crippen LogP contribution < -0.4 is 25.5 Å². The molecule has 3 aromatic carbocycles. The predicted octanol–water partition coefficient (Wildman–Crippen LogP) is 3.43. The second-order valence-electron chi connectivity index (χ2n) is 9.09. The number of carbonyl (C=O) groups excluding carboxylic acids is 3. The second kappa shape index (κ2) is 13.7. The van der Waals surface area contributed by atoms with E-state index in [4.69, 9.17) is 13.9 Å². The van der Waals surface area contributed by atoms with Crippen LogP contribution in [-0.4, -0.2) is 43.2 Å². The number of fused-ring (bicyclic) bond motifs is 1. The van der Waals surface area contributed by atoms with Crippen LogP contribution >= 0.6 is 0 Å². The zero-order valence-electron chi connectivity index (χ0n) is 23.3. The van der Waals surface area contributed by atoms with Crippen molar-refractivity contribution in [1.29, 1.82) is 5.26 Å². The summed E-state index contributed by atoms with van der Waals surface area (Å²) in [6.45, 7) is 1.90. The van der Waals surface area contributed by atoms with E-state index >= 15 is 0 Å². The van der Waals surface area contributed by atoms with Gasteiger partial charge in [-0.3, -0.25) is 14.4 Å². The van der Waals surface area contributed by atoms with Crippen LogP contribution in [-0.2, 0) is 27.3 Å². The summed E-state index contributed by atoms with van der Waals surface area (Å²) in [5.74, 6) is -2.41. The van der Waals surface area contributed by atoms with Crippen LogP contribution in [0, 0.1) is 11.3 Å². The van der Waals surface area contributed by atoms with Gasteiger partial charge in [0, 0.05) is 31.2 Å². The number of nitrogens with zero attached hydrogens (tertiary/aromatic N) is 1. The van der Waals surface area contributed by atoms with Gasteiger partial charge >= 0.3 is 11.9 Å². The van der Waals surface area contributed by atoms with Crippen molar-refractivity contribution in [2.45, 2.75) is 19.9 Å². The molecule has 220 valence electrons. The molecule has 12 nitrogen and oxygen atoms in total. The maximum Gasteiger partial charge on any atom is 0.397 e. The molecule has 0 aliphatic heterocycles. The molecule has 0 bridgehead atoms. The lowest BCUT2D eigenvalue weighted by Crippen LogP contribution is -2.25. The van der Waals surface area contributed by atoms with Crippen molar-refractivity contribution in [3.8, 4) is 23.3 Å². The molecule has 1 aromatic heterocycles. The van der Waals surface area contributed by atoms with Gasteiger partial charge in [0.25, 0.3) is 5.91 Å². The minimum absolute atomic E-state index is 0.0365. The summed E-state index contributed by atoms with van der Waals surface area (Å²) in [5, 5.41) is 24.9. The summed E-state index contributed by atoms with van der Waals surface area (Å²) >= 11 is 0. The molecule has 4 rings (SSSR count). The van der Waals surface area contributed by atoms with E-state index in [9.17, 15) is 29.5 Å². The molecular formula is C31H27N3O9. The van der Waals surface area contributed by atoms with E-state index in [1.54, 1.807) is 44.4 Å². The fraction of sp³-hybridized carbons (Fsp3) is 0.194. The van der Waals surface area contributed by atoms with Gasteiger partial charge in [0.1, 0.15) is 34.3 Å². The molecule has 43 heavy (non-hydrogen) atoms. The highest BCUT2D eigenvalue weighted by Gasteiger charge is 2.18. The zero-order valence-corrected chi connectivity index (χ0v) is 23.3. The minimum Gasteiger partial charge on any atom is -0.507 e. The Morgan fingerprint density at radius 2 is 1.74 bits per heavy atom. The van der Waals surface area contributed by atoms with Gasteiger partial charge in [-0.05, 0) is 42.3 Å². The lowest BCUT2D eigenvalue weighted by Gasteiger charge is -2.11. The molecular weight excluding hydrogens is 558 g/mol. The molecule has 0 fully saturated rings. The van der Waals surface area contributed by atoms with E-state index in [1.165, 1.54) is 24.3 Å². The van der Waals surface area contributed by atoms with Crippen LogP contribution in [0.4, 0.5) is 5.69 Å². The molecule has 0 aliphatic carbocycles. The van der Waals surface area contributed by atoms with Gasteiger partial charge in [-0.1, -0.05) is 18.2 Å². The SMILES string of the molecule is CCOC(=O)C(=O)Nc1ccc(CCOc2cc(O)c3c(=O)cc(C(=O)NCc4ccc(OC)cc4)oc3c2)cc1C#N. The Morgan fingerprint density at radius 1 is 1.00 bits per heavy atom. The fourth-order valence-electron chi connectivity index (χ4n) is 4.06. The Labute approximate surface area is 245 Å². The van der Waals surface area contributed by atoms with Crippen LogP contribution in [0.5, 0.6) is 17.2 Å². The van der Waals surface area contributed by atoms with Gasteiger partial charge in [-0.2, -0.15) is 5.26 Å². The second-order valence-corrected chi connectivity index (χ2v) is 9.09. The number of methoxy groups -OCH3 is 1. The quantitative estimate of drug-likeness (QED) is 0.185. The number of nitrogens with one attached hydrogen (secondary N) is 2. The number of anilines is 1. The maximum atomic E-state index is 12.7. The molecule has 0 unspecified atom stereocenters. The molecule has 0 saturated carbocycles. The molecule has 0 radical (unpaired) electrons. The highest BCUT2D eigenvalue weighted by molar-refractivity contribution is 6.37. The number of esters is 1. The number of amides is 2. The summed E-state index contributed by atoms with van der Waals surface area (Å²) in [6, 6.07) is 17.4. The molecule has 1 heterocycles. The third-order valence-electron chi connectivity index (χ3n) is 6.19. The zero-order chi connectivity index (χ0) is 30.9. The number of hydrogen-bond acceptors (Lipinski definition) is 10. The van der Waals surface area contributed by atoms with Crippen LogP contribution in [0.1, 0.15) is 34.2 Å². The first-order chi connectivity index (χ1) is 20.7. The molecule has 3 N–H and O–H groups in total. The number of rotatable bonds is 10. The summed E-state index contributed by atoms with van der Waals surface area (Å²) in [6.07, 6.45) is 0.331. The summed E-state index contributed by atoms with van der Waals surface area (Å²) in [7, 11) is 1.55. The van der Waals surface area contributed by atoms with Gasteiger partial charge in [0.2, 0.25) is 0 Å². The number of ether oxygens (including phenoxy) is 3. The predicted molar refractivity (Wildman–Crippen MR) is 154 cm³/mol. The van der Waals surface area contributed by atoms with Gasteiger partial charge in [0.15, 0.2) is 11.2 Å². The molecule has 12 heteroatoms. The standard InChI is InChI=1S/C31H27N3O9/c1-3-41-31(39)30(38)34-23-9-6-18(12-20(23)16-32)10-11-42-22-13-24(35)28-25(36)15-27(43-26(28)14-22)29(37)33-17-19-4-7-21(40-2)8-5-19/h4-9,12-15,35H,3,10-11,17H2,1-2H3,(H,33,37)(H,34,38). The lowest BCUT2D eigenvalue weighted by atomic mass is 10.1. The normalized spacial score (nSPS) is 10.4. The largest absolute Gasteiger partial charge is 0.507 e. The van der Waals surface area contributed by atoms with Crippen molar-refractivity contribution < 1.29 is 38.1 Å². The third-order valence-corrected chi connectivity index (χ3v) is 6.19. The number of aromatic hydroxyl groups is 1. The van der Waals surface area contributed by atoms with E-state index in [0.29, 0.717) is 17.7 Å². The summed E-state index contributed by atoms with van der Waals surface area (Å²) in [5.41, 5.74) is 1.16. The maximum absolute atomic E-state index is 12.7. The van der Waals surface area contributed by atoms with Gasteiger partial charge < -0.3 is 34.4 Å². The van der Waals surface area contributed by atoms with E-state index in [-0.39, 0.29) is 59.2 Å². The number of hydrogen-bond donors (Lipinski definition) is 3. The van der Waals surface area contributed by atoms with Crippen molar-refractivity contribution in [2.75, 3.05) is 25.6 Å². The van der Waals surface area contributed by atoms with Crippen LogP contribution in [0.2, 0.25) is 0 Å². The molecule has 0 atom stereocenters. The van der Waals surface area contributed by atoms with Crippen LogP contribution in [0.3, 0.4) is 0 Å². The molecule has 4 aromatic rings. The summed E-state index contributed by atoms with van der Waals surface area (Å²) in [4.78, 5) is 48.8. The van der Waals surface area contributed by atoms with Gasteiger partial charge in [0.05, 0.1) is 31.6 Å². The molecule has 0 saturated heterocycles. The first-order valence-electron chi connectivity index (χ1n) is 13.1. The van der Waals surface area contributed by atoms with Crippen LogP contribution in [0.25, 0.3) is 11.0 Å². The Kier molecular flexibility index (Phi) is 9.59. The highest BCUT2D eigenvalue weighted by Crippen LogP contribution is 2.29. The van der Waals surface area contributed by atoms with Crippen molar-refractivity contribution in [2.24, 2.45) is 0 Å². The lowest BCUT2D eigenvalue weighted by molar-refractivity contribution is -0.152. The summed E-state index contributed by atoms with van der Waals surface area (Å²) < 4.78 is 21.2. The minimum atomic E-state index is -1.06.